The van der Waals surface area contributed by atoms with E-state index in [4.69, 9.17) is 5.26 Å². The molecule has 5 heteroatoms. The molecule has 0 radical (unpaired) electrons. The highest BCUT2D eigenvalue weighted by Crippen LogP contribution is 2.33. The van der Waals surface area contributed by atoms with Gasteiger partial charge in [-0.15, -0.1) is 11.3 Å². The summed E-state index contributed by atoms with van der Waals surface area (Å²) in [5, 5.41) is 11.0. The van der Waals surface area contributed by atoms with Gasteiger partial charge in [0.2, 0.25) is 0 Å². The first-order valence-corrected chi connectivity index (χ1v) is 6.63. The molecule has 0 aliphatic carbocycles. The Morgan fingerprint density at radius 3 is 2.82 bits per heavy atom. The summed E-state index contributed by atoms with van der Waals surface area (Å²) in [6.07, 6.45) is 0. The van der Waals surface area contributed by atoms with Crippen LogP contribution >= 0.6 is 34.2 Å². The fourth-order valence-electron chi connectivity index (χ4n) is 1.80. The highest BCUT2D eigenvalue weighted by atomic mass is 127. The molecule has 1 aromatic carbocycles. The van der Waals surface area contributed by atoms with E-state index in [0.717, 1.165) is 20.3 Å². The molecule has 0 aliphatic heterocycles. The Morgan fingerprint density at radius 1 is 1.24 bits per heavy atom. The van der Waals surface area contributed by atoms with Gasteiger partial charge in [-0.2, -0.15) is 5.26 Å². The highest BCUT2D eigenvalue weighted by molar-refractivity contribution is 14.1. The average Bonchev–Trinajstić information content (AvgIpc) is 2.72. The van der Waals surface area contributed by atoms with Gasteiger partial charge in [0.25, 0.3) is 5.56 Å². The summed E-state index contributed by atoms with van der Waals surface area (Å²) >= 11 is 3.57. The molecule has 0 bridgehead atoms. The zero-order valence-corrected chi connectivity index (χ0v) is 11.4. The van der Waals surface area contributed by atoms with Crippen molar-refractivity contribution >= 4 is 54.5 Å². The van der Waals surface area contributed by atoms with Crippen molar-refractivity contribution in [2.24, 2.45) is 0 Å². The summed E-state index contributed by atoms with van der Waals surface area (Å²) < 4.78 is 2.71. The van der Waals surface area contributed by atoms with E-state index < -0.39 is 0 Å². The molecule has 0 amide bonds. The van der Waals surface area contributed by atoms with Crippen LogP contribution in [0.25, 0.3) is 20.3 Å². The van der Waals surface area contributed by atoms with Gasteiger partial charge in [-0.3, -0.25) is 4.79 Å². The molecule has 0 saturated heterocycles. The molecule has 0 fully saturated rings. The number of aromatic nitrogens is 1. The zero-order valence-electron chi connectivity index (χ0n) is 8.48. The van der Waals surface area contributed by atoms with Gasteiger partial charge in [0.15, 0.2) is 0 Å². The molecule has 3 aromatic rings. The number of nitrogens with zero attached hydrogens (tertiary/aromatic N) is 2. The minimum absolute atomic E-state index is 0.0230. The number of hydrogen-bond acceptors (Lipinski definition) is 3. The Morgan fingerprint density at radius 2 is 2.06 bits per heavy atom. The summed E-state index contributed by atoms with van der Waals surface area (Å²) in [4.78, 5) is 12.5. The van der Waals surface area contributed by atoms with E-state index in [1.54, 1.807) is 26.3 Å². The maximum atomic E-state index is 11.5. The Kier molecular flexibility index (Phi) is 2.42. The van der Waals surface area contributed by atoms with Crippen molar-refractivity contribution in [3.63, 3.8) is 0 Å². The second-order valence-electron chi connectivity index (χ2n) is 3.60. The monoisotopic (exact) mass is 352 g/mol. The fourth-order valence-corrected chi connectivity index (χ4v) is 3.60. The van der Waals surface area contributed by atoms with Crippen molar-refractivity contribution in [1.82, 2.24) is 2.78 Å². The van der Waals surface area contributed by atoms with Crippen molar-refractivity contribution in [2.45, 2.75) is 0 Å². The van der Waals surface area contributed by atoms with Crippen molar-refractivity contribution in [2.75, 3.05) is 0 Å². The number of nitriles is 1. The van der Waals surface area contributed by atoms with Crippen LogP contribution in [-0.2, 0) is 0 Å². The maximum Gasteiger partial charge on any atom is 0.260 e. The molecule has 17 heavy (non-hydrogen) atoms. The molecule has 0 saturated carbocycles. The standard InChI is InChI=1S/C12H5IN2OS/c13-15-11(16)4-2-8-9-5-7(6-14)1-3-10(9)17-12(8)15/h1-5H. The van der Waals surface area contributed by atoms with Crippen LogP contribution < -0.4 is 5.56 Å². The number of fused-ring (bicyclic) bond motifs is 3. The number of thiophene rings is 1. The topological polar surface area (TPSA) is 45.8 Å². The van der Waals surface area contributed by atoms with Gasteiger partial charge in [0.05, 0.1) is 34.5 Å². The first kappa shape index (κ1) is 10.7. The highest BCUT2D eigenvalue weighted by Gasteiger charge is 2.09. The van der Waals surface area contributed by atoms with E-state index in [-0.39, 0.29) is 5.56 Å². The van der Waals surface area contributed by atoms with Gasteiger partial charge in [0, 0.05) is 21.5 Å². The van der Waals surface area contributed by atoms with Crippen molar-refractivity contribution in [1.29, 1.82) is 5.26 Å². The van der Waals surface area contributed by atoms with Crippen LogP contribution in [0.15, 0.2) is 35.1 Å². The predicted molar refractivity (Wildman–Crippen MR) is 77.7 cm³/mol. The van der Waals surface area contributed by atoms with Gasteiger partial charge in [-0.1, -0.05) is 0 Å². The molecule has 2 heterocycles. The first-order valence-electron chi connectivity index (χ1n) is 4.85. The zero-order chi connectivity index (χ0) is 12.0. The smallest absolute Gasteiger partial charge is 0.260 e. The Labute approximate surface area is 114 Å². The number of benzene rings is 1. The lowest BCUT2D eigenvalue weighted by Gasteiger charge is -1.95. The lowest BCUT2D eigenvalue weighted by Crippen LogP contribution is -2.08. The Hall–Kier alpha value is -1.39. The number of rotatable bonds is 0. The van der Waals surface area contributed by atoms with Crippen LogP contribution in [-0.4, -0.2) is 2.78 Å². The minimum atomic E-state index is -0.0230. The molecule has 0 aliphatic rings. The summed E-state index contributed by atoms with van der Waals surface area (Å²) in [6.45, 7) is 0. The predicted octanol–water partition coefficient (Wildman–Crippen LogP) is 3.29. The molecule has 82 valence electrons. The Balaban J connectivity index is 2.56. The molecular weight excluding hydrogens is 347 g/mol. The van der Waals surface area contributed by atoms with E-state index in [9.17, 15) is 4.79 Å². The number of pyridine rings is 1. The van der Waals surface area contributed by atoms with Crippen LogP contribution in [0, 0.1) is 11.3 Å². The normalized spacial score (nSPS) is 10.8. The largest absolute Gasteiger partial charge is 0.269 e. The molecule has 0 N–H and O–H groups in total. The van der Waals surface area contributed by atoms with Crippen LogP contribution in [0.3, 0.4) is 0 Å². The molecule has 3 rings (SSSR count). The van der Waals surface area contributed by atoms with Gasteiger partial charge >= 0.3 is 0 Å². The van der Waals surface area contributed by atoms with E-state index in [2.05, 4.69) is 6.07 Å². The average molecular weight is 352 g/mol. The third-order valence-electron chi connectivity index (χ3n) is 2.60. The van der Waals surface area contributed by atoms with Gasteiger partial charge in [-0.05, 0) is 24.3 Å². The number of hydrogen-bond donors (Lipinski definition) is 0. The quantitative estimate of drug-likeness (QED) is 0.583. The lowest BCUT2D eigenvalue weighted by atomic mass is 10.1. The summed E-state index contributed by atoms with van der Waals surface area (Å²) in [7, 11) is 0. The molecule has 0 unspecified atom stereocenters. The van der Waals surface area contributed by atoms with Crippen LogP contribution in [0.5, 0.6) is 0 Å². The molecule has 0 atom stereocenters. The third kappa shape index (κ3) is 1.56. The van der Waals surface area contributed by atoms with Crippen molar-refractivity contribution < 1.29 is 0 Å². The van der Waals surface area contributed by atoms with Crippen LogP contribution in [0.4, 0.5) is 0 Å². The molecular formula is C12H5IN2OS. The summed E-state index contributed by atoms with van der Waals surface area (Å²) in [6, 6.07) is 11.1. The maximum absolute atomic E-state index is 11.5. The van der Waals surface area contributed by atoms with Crippen molar-refractivity contribution in [3.05, 3.63) is 46.2 Å². The molecule has 0 spiro atoms. The lowest BCUT2D eigenvalue weighted by molar-refractivity contribution is 1.29. The van der Waals surface area contributed by atoms with E-state index in [1.807, 2.05) is 41.1 Å². The van der Waals surface area contributed by atoms with Crippen LogP contribution in [0.2, 0.25) is 0 Å². The van der Waals surface area contributed by atoms with E-state index in [0.29, 0.717) is 5.56 Å². The number of halogens is 1. The van der Waals surface area contributed by atoms with Gasteiger partial charge in [-0.25, -0.2) is 2.78 Å². The summed E-state index contributed by atoms with van der Waals surface area (Å²) in [5.74, 6) is 0. The van der Waals surface area contributed by atoms with Crippen LogP contribution in [0.1, 0.15) is 5.56 Å². The van der Waals surface area contributed by atoms with Crippen molar-refractivity contribution in [3.8, 4) is 6.07 Å². The Bertz CT molecular complexity index is 841. The van der Waals surface area contributed by atoms with Gasteiger partial charge < -0.3 is 0 Å². The molecule has 3 nitrogen and oxygen atoms in total. The second-order valence-corrected chi connectivity index (χ2v) is 5.59. The minimum Gasteiger partial charge on any atom is -0.269 e. The molecule has 2 aromatic heterocycles. The third-order valence-corrected chi connectivity index (χ3v) is 5.06. The first-order chi connectivity index (χ1) is 8.20. The van der Waals surface area contributed by atoms with E-state index >= 15 is 0 Å². The second kappa shape index (κ2) is 3.82. The fraction of sp³-hybridized carbons (Fsp3) is 0. The summed E-state index contributed by atoms with van der Waals surface area (Å²) in [5.41, 5.74) is 0.619. The van der Waals surface area contributed by atoms with Gasteiger partial charge in [0.1, 0.15) is 4.83 Å². The van der Waals surface area contributed by atoms with E-state index in [1.165, 1.54) is 0 Å². The SMILES string of the molecule is N#Cc1ccc2sc3c(ccc(=O)n3I)c2c1.